The summed E-state index contributed by atoms with van der Waals surface area (Å²) in [6.45, 7) is 1.71. The average molecular weight is 344 g/mol. The van der Waals surface area contributed by atoms with E-state index in [2.05, 4.69) is 30.6 Å². The van der Waals surface area contributed by atoms with Crippen molar-refractivity contribution in [3.8, 4) is 0 Å². The Bertz CT molecular complexity index is 640. The largest absolute Gasteiger partial charge is 0.332 e. The highest BCUT2D eigenvalue weighted by molar-refractivity contribution is 9.09. The molecule has 102 valence electrons. The van der Waals surface area contributed by atoms with Gasteiger partial charge in [0.2, 0.25) is 0 Å². The molecule has 7 heteroatoms. The number of hydrogen-bond donors (Lipinski definition) is 2. The van der Waals surface area contributed by atoms with Crippen LogP contribution in [0, 0.1) is 6.92 Å². The van der Waals surface area contributed by atoms with Crippen LogP contribution in [0.5, 0.6) is 0 Å². The highest BCUT2D eigenvalue weighted by Crippen LogP contribution is 2.18. The molecule has 0 saturated heterocycles. The van der Waals surface area contributed by atoms with Gasteiger partial charge in [-0.2, -0.15) is 0 Å². The smallest absolute Gasteiger partial charge is 0.258 e. The number of halogens is 1. The maximum Gasteiger partial charge on any atom is 0.258 e. The third kappa shape index (κ3) is 3.43. The van der Waals surface area contributed by atoms with E-state index in [1.165, 1.54) is 6.20 Å². The molecule has 0 fully saturated rings. The fourth-order valence-corrected chi connectivity index (χ4v) is 3.60. The quantitative estimate of drug-likeness (QED) is 0.816. The Morgan fingerprint density at radius 2 is 2.05 bits per heavy atom. The Morgan fingerprint density at radius 3 is 2.58 bits per heavy atom. The molecule has 1 heterocycles. The lowest BCUT2D eigenvalue weighted by molar-refractivity contribution is 0.565. The number of H-pyrrole nitrogens is 1. The van der Waals surface area contributed by atoms with E-state index in [1.54, 1.807) is 6.92 Å². The van der Waals surface area contributed by atoms with E-state index in [4.69, 9.17) is 0 Å². The van der Waals surface area contributed by atoms with E-state index in [0.29, 0.717) is 11.2 Å². The zero-order valence-corrected chi connectivity index (χ0v) is 12.7. The monoisotopic (exact) mass is 343 g/mol. The number of sulfonamides is 1. The number of nitrogens with zero attached hydrogens (tertiary/aromatic N) is 1. The van der Waals surface area contributed by atoms with Gasteiger partial charge in [0.1, 0.15) is 5.82 Å². The second-order valence-corrected chi connectivity index (χ2v) is 6.40. The minimum Gasteiger partial charge on any atom is -0.332 e. The summed E-state index contributed by atoms with van der Waals surface area (Å²) in [6.07, 6.45) is 1.31. The van der Waals surface area contributed by atoms with Crippen molar-refractivity contribution in [1.29, 1.82) is 0 Å². The van der Waals surface area contributed by atoms with Crippen molar-refractivity contribution < 1.29 is 8.42 Å². The van der Waals surface area contributed by atoms with Crippen LogP contribution in [-0.4, -0.2) is 23.7 Å². The van der Waals surface area contributed by atoms with Crippen LogP contribution >= 0.6 is 15.9 Å². The van der Waals surface area contributed by atoms with E-state index in [0.717, 1.165) is 5.56 Å². The predicted octanol–water partition coefficient (Wildman–Crippen LogP) is 2.13. The van der Waals surface area contributed by atoms with Crippen LogP contribution in [0.4, 0.5) is 0 Å². The number of hydrogen-bond acceptors (Lipinski definition) is 3. The molecule has 0 amide bonds. The van der Waals surface area contributed by atoms with E-state index >= 15 is 0 Å². The molecule has 0 aliphatic rings. The topological polar surface area (TPSA) is 74.8 Å². The second kappa shape index (κ2) is 5.85. The average Bonchev–Trinajstić information content (AvgIpc) is 2.85. The molecule has 2 N–H and O–H groups in total. The number of aromatic amines is 1. The number of rotatable bonds is 5. The molecule has 1 unspecified atom stereocenters. The summed E-state index contributed by atoms with van der Waals surface area (Å²) in [5, 5.41) is 0.565. The van der Waals surface area contributed by atoms with Gasteiger partial charge in [-0.25, -0.2) is 18.1 Å². The Morgan fingerprint density at radius 1 is 1.37 bits per heavy atom. The maximum atomic E-state index is 12.2. The maximum absolute atomic E-state index is 12.2. The summed E-state index contributed by atoms with van der Waals surface area (Å²) in [7, 11) is -3.60. The summed E-state index contributed by atoms with van der Waals surface area (Å²) in [5.41, 5.74) is 0.902. The fraction of sp³-hybridized carbons (Fsp3) is 0.250. The zero-order chi connectivity index (χ0) is 13.9. The van der Waals surface area contributed by atoms with Crippen molar-refractivity contribution in [2.75, 3.05) is 5.33 Å². The first-order chi connectivity index (χ1) is 9.03. The van der Waals surface area contributed by atoms with E-state index < -0.39 is 10.0 Å². The Labute approximate surface area is 120 Å². The van der Waals surface area contributed by atoms with Gasteiger partial charge in [-0.05, 0) is 12.5 Å². The summed E-state index contributed by atoms with van der Waals surface area (Å²) >= 11 is 3.33. The Kier molecular flexibility index (Phi) is 4.38. The van der Waals surface area contributed by atoms with Gasteiger partial charge in [-0.3, -0.25) is 0 Å². The van der Waals surface area contributed by atoms with Gasteiger partial charge in [0.15, 0.2) is 5.03 Å². The highest BCUT2D eigenvalue weighted by Gasteiger charge is 2.22. The van der Waals surface area contributed by atoms with Crippen molar-refractivity contribution in [2.24, 2.45) is 0 Å². The molecule has 2 aromatic rings. The molecule has 0 radical (unpaired) electrons. The Hall–Kier alpha value is -1.18. The van der Waals surface area contributed by atoms with Crippen molar-refractivity contribution in [3.63, 3.8) is 0 Å². The number of alkyl halides is 1. The number of nitrogens with one attached hydrogen (secondary N) is 2. The normalized spacial score (nSPS) is 13.4. The molecule has 1 aromatic carbocycles. The molecule has 0 bridgehead atoms. The van der Waals surface area contributed by atoms with Crippen LogP contribution in [0.1, 0.15) is 17.4 Å². The minimum absolute atomic E-state index is 0.0758. The molecule has 0 spiro atoms. The molecular formula is C12H14BrN3O2S. The molecule has 1 atom stereocenters. The van der Waals surface area contributed by atoms with Gasteiger partial charge in [-0.1, -0.05) is 46.3 Å². The first-order valence-electron chi connectivity index (χ1n) is 5.68. The summed E-state index contributed by atoms with van der Waals surface area (Å²) in [6, 6.07) is 9.08. The summed E-state index contributed by atoms with van der Waals surface area (Å²) < 4.78 is 27.0. The molecule has 0 saturated carbocycles. The first-order valence-corrected chi connectivity index (χ1v) is 8.28. The van der Waals surface area contributed by atoms with Gasteiger partial charge in [0.05, 0.1) is 12.2 Å². The lowest BCUT2D eigenvalue weighted by Crippen LogP contribution is -2.29. The van der Waals surface area contributed by atoms with E-state index in [-0.39, 0.29) is 11.1 Å². The van der Waals surface area contributed by atoms with Crippen molar-refractivity contribution in [2.45, 2.75) is 18.0 Å². The Balaban J connectivity index is 2.23. The number of imidazole rings is 1. The summed E-state index contributed by atoms with van der Waals surface area (Å²) in [4.78, 5) is 6.62. The van der Waals surface area contributed by atoms with Gasteiger partial charge in [0, 0.05) is 5.33 Å². The van der Waals surface area contributed by atoms with Crippen LogP contribution in [0.2, 0.25) is 0 Å². The number of aromatic nitrogens is 2. The molecular weight excluding hydrogens is 330 g/mol. The molecule has 0 aliphatic heterocycles. The van der Waals surface area contributed by atoms with Gasteiger partial charge in [0.25, 0.3) is 10.0 Å². The second-order valence-electron chi connectivity index (χ2n) is 4.07. The third-order valence-electron chi connectivity index (χ3n) is 2.62. The zero-order valence-electron chi connectivity index (χ0n) is 10.3. The van der Waals surface area contributed by atoms with Crippen molar-refractivity contribution in [3.05, 3.63) is 47.9 Å². The van der Waals surface area contributed by atoms with E-state index in [9.17, 15) is 8.42 Å². The SMILES string of the molecule is Cc1ncc(S(=O)(=O)NC(CBr)c2ccccc2)[nH]1. The van der Waals surface area contributed by atoms with Crippen LogP contribution in [0.15, 0.2) is 41.6 Å². The van der Waals surface area contributed by atoms with Gasteiger partial charge in [-0.15, -0.1) is 0 Å². The van der Waals surface area contributed by atoms with Crippen LogP contribution in [0.25, 0.3) is 0 Å². The third-order valence-corrected chi connectivity index (χ3v) is 4.65. The summed E-state index contributed by atoms with van der Waals surface area (Å²) in [5.74, 6) is 0.565. The molecule has 2 rings (SSSR count). The van der Waals surface area contributed by atoms with Crippen molar-refractivity contribution in [1.82, 2.24) is 14.7 Å². The van der Waals surface area contributed by atoms with E-state index in [1.807, 2.05) is 30.3 Å². The van der Waals surface area contributed by atoms with Crippen LogP contribution in [-0.2, 0) is 10.0 Å². The predicted molar refractivity (Wildman–Crippen MR) is 76.6 cm³/mol. The van der Waals surface area contributed by atoms with Crippen LogP contribution < -0.4 is 4.72 Å². The molecule has 0 aliphatic carbocycles. The minimum atomic E-state index is -3.60. The lowest BCUT2D eigenvalue weighted by atomic mass is 10.1. The number of benzene rings is 1. The molecule has 5 nitrogen and oxygen atoms in total. The van der Waals surface area contributed by atoms with Crippen LogP contribution in [0.3, 0.4) is 0 Å². The highest BCUT2D eigenvalue weighted by atomic mass is 79.9. The number of aryl methyl sites for hydroxylation is 1. The standard InChI is InChI=1S/C12H14BrN3O2S/c1-9-14-8-12(15-9)19(17,18)16-11(7-13)10-5-3-2-4-6-10/h2-6,8,11,16H,7H2,1H3,(H,14,15). The van der Waals surface area contributed by atoms with Gasteiger partial charge >= 0.3 is 0 Å². The first kappa shape index (κ1) is 14.2. The lowest BCUT2D eigenvalue weighted by Gasteiger charge is -2.15. The molecule has 19 heavy (non-hydrogen) atoms. The van der Waals surface area contributed by atoms with Crippen molar-refractivity contribution >= 4 is 26.0 Å². The molecule has 1 aromatic heterocycles. The van der Waals surface area contributed by atoms with Gasteiger partial charge < -0.3 is 4.98 Å². The fourth-order valence-electron chi connectivity index (χ4n) is 1.66.